The molecule has 1 amide bonds. The minimum absolute atomic E-state index is 0.0116. The largest absolute Gasteiger partial charge is 0.460 e. The molecule has 0 saturated carbocycles. The van der Waals surface area contributed by atoms with Crippen LogP contribution in [0.15, 0.2) is 47.4 Å². The number of nitrogens with zero attached hydrogens (tertiary/aromatic N) is 1. The number of aryl methyl sites for hydroxylation is 3. The second-order valence-corrected chi connectivity index (χ2v) is 10.4. The molecule has 0 aliphatic carbocycles. The highest BCUT2D eigenvalue weighted by atomic mass is 32.2. The van der Waals surface area contributed by atoms with E-state index in [0.29, 0.717) is 31.5 Å². The van der Waals surface area contributed by atoms with Gasteiger partial charge >= 0.3 is 5.97 Å². The Bertz CT molecular complexity index is 1070. The number of hydrogen-bond acceptors (Lipinski definition) is 5. The number of carbonyl (C=O) groups excluding carboxylic acids is 2. The SMILES string of the molecule is Cc1ccc(CCC(=O)NCCOC(=O)c2cc(S(=O)(=O)N3CCCCC3)ccc2C)cc1. The first-order valence-corrected chi connectivity index (χ1v) is 12.8. The lowest BCUT2D eigenvalue weighted by Gasteiger charge is -2.26. The molecule has 33 heavy (non-hydrogen) atoms. The predicted molar refractivity (Wildman–Crippen MR) is 127 cm³/mol. The Morgan fingerprint density at radius 2 is 1.70 bits per heavy atom. The summed E-state index contributed by atoms with van der Waals surface area (Å²) < 4.78 is 32.6. The quantitative estimate of drug-likeness (QED) is 0.446. The van der Waals surface area contributed by atoms with Crippen molar-refractivity contribution in [1.82, 2.24) is 9.62 Å². The van der Waals surface area contributed by atoms with E-state index < -0.39 is 16.0 Å². The Morgan fingerprint density at radius 1 is 1.00 bits per heavy atom. The second kappa shape index (κ2) is 11.4. The molecule has 7 nitrogen and oxygen atoms in total. The van der Waals surface area contributed by atoms with E-state index in [1.165, 1.54) is 22.0 Å². The molecule has 0 bridgehead atoms. The maximum atomic E-state index is 12.9. The highest BCUT2D eigenvalue weighted by Crippen LogP contribution is 2.23. The van der Waals surface area contributed by atoms with Crippen LogP contribution in [0.4, 0.5) is 0 Å². The Balaban J connectivity index is 1.49. The molecule has 1 saturated heterocycles. The molecule has 0 aromatic heterocycles. The van der Waals surface area contributed by atoms with Crippen LogP contribution in [-0.2, 0) is 26.0 Å². The zero-order valence-corrected chi connectivity index (χ0v) is 20.1. The van der Waals surface area contributed by atoms with Crippen LogP contribution in [0, 0.1) is 13.8 Å². The molecule has 2 aromatic carbocycles. The van der Waals surface area contributed by atoms with Crippen LogP contribution >= 0.6 is 0 Å². The van der Waals surface area contributed by atoms with Crippen molar-refractivity contribution in [3.63, 3.8) is 0 Å². The third kappa shape index (κ3) is 6.88. The van der Waals surface area contributed by atoms with E-state index in [1.54, 1.807) is 13.0 Å². The molecule has 0 spiro atoms. The molecule has 0 radical (unpaired) electrons. The monoisotopic (exact) mass is 472 g/mol. The molecule has 3 rings (SSSR count). The summed E-state index contributed by atoms with van der Waals surface area (Å²) in [5, 5.41) is 2.75. The van der Waals surface area contributed by atoms with Gasteiger partial charge in [0.2, 0.25) is 15.9 Å². The normalized spacial score (nSPS) is 14.6. The third-order valence-electron chi connectivity index (χ3n) is 5.80. The van der Waals surface area contributed by atoms with Crippen LogP contribution in [0.25, 0.3) is 0 Å². The molecule has 1 aliphatic rings. The fourth-order valence-electron chi connectivity index (χ4n) is 3.75. The number of hydrogen-bond donors (Lipinski definition) is 1. The fourth-order valence-corrected chi connectivity index (χ4v) is 5.29. The first-order valence-electron chi connectivity index (χ1n) is 11.4. The molecule has 2 aromatic rings. The Labute approximate surface area is 196 Å². The molecule has 8 heteroatoms. The van der Waals surface area contributed by atoms with Crippen molar-refractivity contribution in [2.24, 2.45) is 0 Å². The van der Waals surface area contributed by atoms with Gasteiger partial charge in [-0.1, -0.05) is 42.3 Å². The van der Waals surface area contributed by atoms with Gasteiger partial charge in [-0.3, -0.25) is 4.79 Å². The van der Waals surface area contributed by atoms with Crippen molar-refractivity contribution in [2.75, 3.05) is 26.2 Å². The van der Waals surface area contributed by atoms with E-state index >= 15 is 0 Å². The highest BCUT2D eigenvalue weighted by Gasteiger charge is 2.27. The van der Waals surface area contributed by atoms with Crippen molar-refractivity contribution in [2.45, 2.75) is 50.8 Å². The molecule has 1 N–H and O–H groups in total. The van der Waals surface area contributed by atoms with Gasteiger partial charge in [-0.2, -0.15) is 4.31 Å². The Morgan fingerprint density at radius 3 is 2.39 bits per heavy atom. The van der Waals surface area contributed by atoms with E-state index in [1.807, 2.05) is 31.2 Å². The lowest BCUT2D eigenvalue weighted by molar-refractivity contribution is -0.121. The summed E-state index contributed by atoms with van der Waals surface area (Å²) in [6, 6.07) is 12.6. The third-order valence-corrected chi connectivity index (χ3v) is 7.70. The lowest BCUT2D eigenvalue weighted by Crippen LogP contribution is -2.35. The van der Waals surface area contributed by atoms with Gasteiger partial charge in [-0.25, -0.2) is 13.2 Å². The van der Waals surface area contributed by atoms with Crippen molar-refractivity contribution in [3.8, 4) is 0 Å². The highest BCUT2D eigenvalue weighted by molar-refractivity contribution is 7.89. The first-order chi connectivity index (χ1) is 15.8. The van der Waals surface area contributed by atoms with Gasteiger partial charge in [0.15, 0.2) is 0 Å². The summed E-state index contributed by atoms with van der Waals surface area (Å²) >= 11 is 0. The van der Waals surface area contributed by atoms with Crippen LogP contribution in [-0.4, -0.2) is 50.8 Å². The summed E-state index contributed by atoms with van der Waals surface area (Å²) in [6.45, 7) is 4.96. The predicted octanol–water partition coefficient (Wildman–Crippen LogP) is 3.38. The van der Waals surface area contributed by atoms with Gasteiger partial charge in [0.05, 0.1) is 17.0 Å². The zero-order chi connectivity index (χ0) is 23.8. The average Bonchev–Trinajstić information content (AvgIpc) is 2.82. The topological polar surface area (TPSA) is 92.8 Å². The average molecular weight is 473 g/mol. The van der Waals surface area contributed by atoms with Crippen LogP contribution in [0.3, 0.4) is 0 Å². The van der Waals surface area contributed by atoms with Crippen molar-refractivity contribution >= 4 is 21.9 Å². The number of nitrogens with one attached hydrogen (secondary N) is 1. The van der Waals surface area contributed by atoms with Crippen LogP contribution in [0.5, 0.6) is 0 Å². The summed E-state index contributed by atoms with van der Waals surface area (Å²) in [5.74, 6) is -0.713. The van der Waals surface area contributed by atoms with Gasteiger partial charge in [-0.05, 0) is 56.4 Å². The fraction of sp³-hybridized carbons (Fsp3) is 0.440. The minimum atomic E-state index is -3.63. The molecular weight excluding hydrogens is 440 g/mol. The smallest absolute Gasteiger partial charge is 0.338 e. The zero-order valence-electron chi connectivity index (χ0n) is 19.3. The van der Waals surface area contributed by atoms with Crippen LogP contribution in [0.2, 0.25) is 0 Å². The van der Waals surface area contributed by atoms with Gasteiger partial charge in [0.25, 0.3) is 0 Å². The summed E-state index contributed by atoms with van der Waals surface area (Å²) in [6.07, 6.45) is 3.71. The number of carbonyl (C=O) groups is 2. The molecule has 0 atom stereocenters. The summed E-state index contributed by atoms with van der Waals surface area (Å²) in [7, 11) is -3.63. The number of sulfonamides is 1. The van der Waals surface area contributed by atoms with Gasteiger partial charge in [-0.15, -0.1) is 0 Å². The molecule has 1 heterocycles. The molecule has 0 unspecified atom stereocenters. The molecule has 1 fully saturated rings. The Kier molecular flexibility index (Phi) is 8.63. The van der Waals surface area contributed by atoms with E-state index in [2.05, 4.69) is 5.32 Å². The lowest BCUT2D eigenvalue weighted by atomic mass is 10.1. The van der Waals surface area contributed by atoms with Gasteiger partial charge < -0.3 is 10.1 Å². The van der Waals surface area contributed by atoms with E-state index in [9.17, 15) is 18.0 Å². The van der Waals surface area contributed by atoms with Crippen LogP contribution in [0.1, 0.15) is 52.7 Å². The van der Waals surface area contributed by atoms with Gasteiger partial charge in [0.1, 0.15) is 6.61 Å². The van der Waals surface area contributed by atoms with E-state index in [4.69, 9.17) is 4.74 Å². The van der Waals surface area contributed by atoms with E-state index in [0.717, 1.165) is 24.8 Å². The summed E-state index contributed by atoms with van der Waals surface area (Å²) in [5.41, 5.74) is 3.13. The number of amides is 1. The number of rotatable bonds is 9. The molecule has 178 valence electrons. The van der Waals surface area contributed by atoms with Crippen molar-refractivity contribution in [1.29, 1.82) is 0 Å². The van der Waals surface area contributed by atoms with Crippen molar-refractivity contribution in [3.05, 3.63) is 64.7 Å². The molecule has 1 aliphatic heterocycles. The van der Waals surface area contributed by atoms with Crippen molar-refractivity contribution < 1.29 is 22.7 Å². The maximum Gasteiger partial charge on any atom is 0.338 e. The molecular formula is C25H32N2O5S. The first kappa shape index (κ1) is 24.9. The maximum absolute atomic E-state index is 12.9. The van der Waals surface area contributed by atoms with Crippen LogP contribution < -0.4 is 5.32 Å². The number of benzene rings is 2. The number of piperidine rings is 1. The minimum Gasteiger partial charge on any atom is -0.460 e. The standard InChI is InChI=1S/C25H32N2O5S/c1-19-6-9-21(10-7-19)11-13-24(28)26-14-17-32-25(29)23-18-22(12-8-20(23)2)33(30,31)27-15-4-3-5-16-27/h6-10,12,18H,3-5,11,13-17H2,1-2H3,(H,26,28). The van der Waals surface area contributed by atoms with Gasteiger partial charge in [0, 0.05) is 19.5 Å². The second-order valence-electron chi connectivity index (χ2n) is 8.41. The van der Waals surface area contributed by atoms with E-state index in [-0.39, 0.29) is 29.5 Å². The number of esters is 1. The number of ether oxygens (including phenoxy) is 1. The summed E-state index contributed by atoms with van der Waals surface area (Å²) in [4.78, 5) is 24.7. The Hall–Kier alpha value is -2.71.